The van der Waals surface area contributed by atoms with E-state index in [4.69, 9.17) is 4.74 Å². The van der Waals surface area contributed by atoms with Crippen molar-refractivity contribution >= 4 is 17.7 Å². The second-order valence-corrected chi connectivity index (χ2v) is 7.63. The van der Waals surface area contributed by atoms with Crippen LogP contribution in [0.4, 0.5) is 0 Å². The second-order valence-electron chi connectivity index (χ2n) is 5.90. The van der Waals surface area contributed by atoms with Crippen LogP contribution >= 0.6 is 11.8 Å². The molecule has 1 saturated heterocycles. The van der Waals surface area contributed by atoms with Crippen LogP contribution in [0.3, 0.4) is 0 Å². The van der Waals surface area contributed by atoms with Crippen LogP contribution in [0.2, 0.25) is 0 Å². The lowest BCUT2D eigenvalue weighted by atomic mass is 10.0. The van der Waals surface area contributed by atoms with Crippen molar-refractivity contribution in [2.45, 2.75) is 43.6 Å². The van der Waals surface area contributed by atoms with Crippen LogP contribution < -0.4 is 5.32 Å². The first-order chi connectivity index (χ1) is 10.2. The topological polar surface area (TPSA) is 56.1 Å². The summed E-state index contributed by atoms with van der Waals surface area (Å²) in [5.41, 5.74) is 0. The highest BCUT2D eigenvalue weighted by atomic mass is 32.2. The Balaban J connectivity index is 1.51. The average molecular weight is 309 g/mol. The molecule has 1 aliphatic carbocycles. The third kappa shape index (κ3) is 3.61. The molecule has 1 saturated carbocycles. The Morgan fingerprint density at radius 3 is 3.10 bits per heavy atom. The van der Waals surface area contributed by atoms with Crippen molar-refractivity contribution in [3.05, 3.63) is 18.5 Å². The summed E-state index contributed by atoms with van der Waals surface area (Å²) in [6.07, 6.45) is 6.74. The molecule has 1 aliphatic heterocycles. The van der Waals surface area contributed by atoms with Gasteiger partial charge in [0.2, 0.25) is 5.91 Å². The number of aromatic nitrogens is 2. The van der Waals surface area contributed by atoms with E-state index in [0.29, 0.717) is 11.4 Å². The fourth-order valence-electron chi connectivity index (χ4n) is 2.93. The summed E-state index contributed by atoms with van der Waals surface area (Å²) in [4.78, 5) is 12.4. The summed E-state index contributed by atoms with van der Waals surface area (Å²) < 4.78 is 7.85. The molecule has 2 heterocycles. The lowest BCUT2D eigenvalue weighted by Gasteiger charge is -2.20. The molecule has 1 aromatic rings. The SMILES string of the molecule is CCSC1(CNC(=O)[C@@H]2OCC[C@@H]2Cn2cccn2)CC1. The molecule has 2 fully saturated rings. The Labute approximate surface area is 129 Å². The van der Waals surface area contributed by atoms with Crippen LogP contribution in [0.15, 0.2) is 18.5 Å². The molecular weight excluding hydrogens is 286 g/mol. The minimum Gasteiger partial charge on any atom is -0.368 e. The van der Waals surface area contributed by atoms with E-state index in [9.17, 15) is 4.79 Å². The normalized spacial score (nSPS) is 26.7. The first-order valence-corrected chi connectivity index (χ1v) is 8.72. The molecule has 0 aromatic carbocycles. The van der Waals surface area contributed by atoms with E-state index in [2.05, 4.69) is 17.3 Å². The van der Waals surface area contributed by atoms with Crippen LogP contribution in [0, 0.1) is 5.92 Å². The van der Waals surface area contributed by atoms with Gasteiger partial charge in [0.1, 0.15) is 6.10 Å². The Kier molecular flexibility index (Phi) is 4.54. The molecule has 2 atom stereocenters. The van der Waals surface area contributed by atoms with Gasteiger partial charge >= 0.3 is 0 Å². The number of carbonyl (C=O) groups is 1. The monoisotopic (exact) mass is 309 g/mol. The lowest BCUT2D eigenvalue weighted by molar-refractivity contribution is -0.131. The molecule has 2 aliphatic rings. The van der Waals surface area contributed by atoms with Crippen LogP contribution in [-0.2, 0) is 16.1 Å². The highest BCUT2D eigenvalue weighted by molar-refractivity contribution is 8.00. The predicted molar refractivity (Wildman–Crippen MR) is 83.2 cm³/mol. The van der Waals surface area contributed by atoms with Gasteiger partial charge in [-0.05, 0) is 31.1 Å². The van der Waals surface area contributed by atoms with Gasteiger partial charge in [0.25, 0.3) is 0 Å². The first-order valence-electron chi connectivity index (χ1n) is 7.73. The van der Waals surface area contributed by atoms with Crippen molar-refractivity contribution in [3.63, 3.8) is 0 Å². The maximum atomic E-state index is 12.4. The smallest absolute Gasteiger partial charge is 0.249 e. The summed E-state index contributed by atoms with van der Waals surface area (Å²) in [6.45, 7) is 4.37. The van der Waals surface area contributed by atoms with Gasteiger partial charge in [0, 0.05) is 42.8 Å². The van der Waals surface area contributed by atoms with E-state index >= 15 is 0 Å². The van der Waals surface area contributed by atoms with Crippen molar-refractivity contribution in [1.82, 2.24) is 15.1 Å². The number of thioether (sulfide) groups is 1. The van der Waals surface area contributed by atoms with E-state index in [1.54, 1.807) is 6.20 Å². The zero-order valence-electron chi connectivity index (χ0n) is 12.5. The fourth-order valence-corrected chi connectivity index (χ4v) is 4.10. The summed E-state index contributed by atoms with van der Waals surface area (Å²) >= 11 is 1.96. The summed E-state index contributed by atoms with van der Waals surface area (Å²) in [5, 5.41) is 7.33. The summed E-state index contributed by atoms with van der Waals surface area (Å²) in [6, 6.07) is 1.91. The molecule has 1 aromatic heterocycles. The van der Waals surface area contributed by atoms with Gasteiger partial charge in [-0.15, -0.1) is 0 Å². The zero-order valence-corrected chi connectivity index (χ0v) is 13.3. The standard InChI is InChI=1S/C15H23N3O2S/c1-2-21-15(5-6-15)11-16-14(19)13-12(4-9-20-13)10-18-8-3-7-17-18/h3,7-8,12-13H,2,4-6,9-11H2,1H3,(H,16,19)/t12-,13-/m1/s1. The molecule has 0 spiro atoms. The molecule has 1 amide bonds. The lowest BCUT2D eigenvalue weighted by Crippen LogP contribution is -2.42. The molecule has 5 nitrogen and oxygen atoms in total. The van der Waals surface area contributed by atoms with Crippen LogP contribution in [0.5, 0.6) is 0 Å². The predicted octanol–water partition coefficient (Wildman–Crippen LogP) is 1.69. The molecule has 6 heteroatoms. The van der Waals surface area contributed by atoms with Crippen LogP contribution in [0.25, 0.3) is 0 Å². The zero-order chi connectivity index (χ0) is 14.7. The minimum atomic E-state index is -0.323. The van der Waals surface area contributed by atoms with Gasteiger partial charge in [-0.2, -0.15) is 16.9 Å². The average Bonchev–Trinajstić information content (AvgIpc) is 2.91. The second kappa shape index (κ2) is 6.40. The fraction of sp³-hybridized carbons (Fsp3) is 0.733. The van der Waals surface area contributed by atoms with Gasteiger partial charge in [0.15, 0.2) is 0 Å². The van der Waals surface area contributed by atoms with E-state index in [0.717, 1.165) is 25.3 Å². The Morgan fingerprint density at radius 2 is 2.43 bits per heavy atom. The van der Waals surface area contributed by atoms with Crippen molar-refractivity contribution < 1.29 is 9.53 Å². The van der Waals surface area contributed by atoms with Gasteiger partial charge in [0.05, 0.1) is 0 Å². The number of carbonyl (C=O) groups excluding carboxylic acids is 1. The molecule has 1 N–H and O–H groups in total. The quantitative estimate of drug-likeness (QED) is 0.833. The number of hydrogen-bond acceptors (Lipinski definition) is 4. The van der Waals surface area contributed by atoms with Crippen molar-refractivity contribution in [1.29, 1.82) is 0 Å². The molecule has 0 unspecified atom stereocenters. The Bertz CT molecular complexity index is 473. The van der Waals surface area contributed by atoms with Crippen molar-refractivity contribution in [3.8, 4) is 0 Å². The summed E-state index contributed by atoms with van der Waals surface area (Å²) in [7, 11) is 0. The molecule has 116 valence electrons. The Morgan fingerprint density at radius 1 is 1.57 bits per heavy atom. The van der Waals surface area contributed by atoms with Crippen molar-refractivity contribution in [2.75, 3.05) is 18.9 Å². The van der Waals surface area contributed by atoms with Gasteiger partial charge in [-0.3, -0.25) is 9.48 Å². The number of rotatable bonds is 7. The van der Waals surface area contributed by atoms with E-state index < -0.39 is 0 Å². The van der Waals surface area contributed by atoms with Crippen LogP contribution in [-0.4, -0.2) is 45.4 Å². The van der Waals surface area contributed by atoms with E-state index in [1.807, 2.05) is 28.7 Å². The molecule has 0 bridgehead atoms. The molecule has 21 heavy (non-hydrogen) atoms. The molecular formula is C15H23N3O2S. The Hall–Kier alpha value is -1.01. The first kappa shape index (κ1) is 14.9. The third-order valence-electron chi connectivity index (χ3n) is 4.30. The number of hydrogen-bond donors (Lipinski definition) is 1. The number of amides is 1. The number of ether oxygens (including phenoxy) is 1. The molecule has 0 radical (unpaired) electrons. The third-order valence-corrected chi connectivity index (χ3v) is 5.75. The highest BCUT2D eigenvalue weighted by Crippen LogP contribution is 2.47. The molecule has 3 rings (SSSR count). The summed E-state index contributed by atoms with van der Waals surface area (Å²) in [5.74, 6) is 1.38. The van der Waals surface area contributed by atoms with E-state index in [1.165, 1.54) is 12.8 Å². The number of nitrogens with one attached hydrogen (secondary N) is 1. The van der Waals surface area contributed by atoms with Gasteiger partial charge in [-0.25, -0.2) is 0 Å². The highest BCUT2D eigenvalue weighted by Gasteiger charge is 2.44. The minimum absolute atomic E-state index is 0.0487. The van der Waals surface area contributed by atoms with Gasteiger partial charge in [-0.1, -0.05) is 6.92 Å². The maximum absolute atomic E-state index is 12.4. The largest absolute Gasteiger partial charge is 0.368 e. The van der Waals surface area contributed by atoms with Gasteiger partial charge < -0.3 is 10.1 Å². The van der Waals surface area contributed by atoms with Crippen LogP contribution in [0.1, 0.15) is 26.2 Å². The van der Waals surface area contributed by atoms with Crippen molar-refractivity contribution in [2.24, 2.45) is 5.92 Å². The maximum Gasteiger partial charge on any atom is 0.249 e. The van der Waals surface area contributed by atoms with E-state index in [-0.39, 0.29) is 17.9 Å². The number of nitrogens with zero attached hydrogens (tertiary/aromatic N) is 2.